The highest BCUT2D eigenvalue weighted by atomic mass is 16.5. The number of nitrogens with two attached hydrogens (primary N) is 1. The topological polar surface area (TPSA) is 62.3 Å². The van der Waals surface area contributed by atoms with Crippen LogP contribution < -0.4 is 15.2 Å². The van der Waals surface area contributed by atoms with Crippen molar-refractivity contribution in [2.24, 2.45) is 5.73 Å². The lowest BCUT2D eigenvalue weighted by Crippen LogP contribution is -2.29. The molecular formula is C15H21N3O2. The van der Waals surface area contributed by atoms with Crippen molar-refractivity contribution in [2.45, 2.75) is 26.3 Å². The van der Waals surface area contributed by atoms with Crippen LogP contribution in [0.1, 0.15) is 25.1 Å². The summed E-state index contributed by atoms with van der Waals surface area (Å²) in [5.41, 5.74) is 8.60. The fraction of sp³-hybridized carbons (Fsp3) is 0.400. The van der Waals surface area contributed by atoms with E-state index in [0.29, 0.717) is 5.75 Å². The summed E-state index contributed by atoms with van der Waals surface area (Å²) >= 11 is 0. The van der Waals surface area contributed by atoms with Gasteiger partial charge in [-0.3, -0.25) is 0 Å². The van der Waals surface area contributed by atoms with E-state index in [2.05, 4.69) is 5.10 Å². The van der Waals surface area contributed by atoms with Crippen molar-refractivity contribution in [3.63, 3.8) is 0 Å². The third-order valence-electron chi connectivity index (χ3n) is 3.32. The van der Waals surface area contributed by atoms with Crippen LogP contribution in [0.2, 0.25) is 0 Å². The number of benzene rings is 1. The second-order valence-corrected chi connectivity index (χ2v) is 5.31. The smallest absolute Gasteiger partial charge is 0.148 e. The molecule has 108 valence electrons. The molecule has 5 heteroatoms. The van der Waals surface area contributed by atoms with E-state index in [1.54, 1.807) is 20.4 Å². The number of aromatic nitrogens is 2. The number of nitrogens with zero attached hydrogens (tertiary/aromatic N) is 2. The minimum absolute atomic E-state index is 0.429. The molecule has 0 spiro atoms. The van der Waals surface area contributed by atoms with Crippen LogP contribution in [0.25, 0.3) is 5.69 Å². The predicted molar refractivity (Wildman–Crippen MR) is 78.6 cm³/mol. The summed E-state index contributed by atoms with van der Waals surface area (Å²) in [7, 11) is 3.26. The lowest BCUT2D eigenvalue weighted by Gasteiger charge is -2.18. The van der Waals surface area contributed by atoms with Gasteiger partial charge < -0.3 is 15.2 Å². The summed E-state index contributed by atoms with van der Waals surface area (Å²) in [6.07, 6.45) is 1.80. The second-order valence-electron chi connectivity index (χ2n) is 5.31. The molecular weight excluding hydrogens is 254 g/mol. The number of ether oxygens (including phenoxy) is 2. The molecule has 0 bridgehead atoms. The SMILES string of the molecule is COc1ccc(-n2ncc(C(C)(C)N)c2C)c(OC)c1. The molecule has 1 aromatic heterocycles. The lowest BCUT2D eigenvalue weighted by molar-refractivity contribution is 0.392. The van der Waals surface area contributed by atoms with Crippen molar-refractivity contribution >= 4 is 0 Å². The molecule has 20 heavy (non-hydrogen) atoms. The first-order valence-electron chi connectivity index (χ1n) is 6.45. The van der Waals surface area contributed by atoms with E-state index in [4.69, 9.17) is 15.2 Å². The van der Waals surface area contributed by atoms with Crippen LogP contribution in [0.3, 0.4) is 0 Å². The van der Waals surface area contributed by atoms with Gasteiger partial charge in [-0.05, 0) is 32.9 Å². The Morgan fingerprint density at radius 1 is 1.20 bits per heavy atom. The summed E-state index contributed by atoms with van der Waals surface area (Å²) in [5.74, 6) is 1.45. The van der Waals surface area contributed by atoms with Gasteiger partial charge in [-0.1, -0.05) is 0 Å². The maximum Gasteiger partial charge on any atom is 0.148 e. The molecule has 0 aliphatic heterocycles. The standard InChI is InChI=1S/C15H21N3O2/c1-10-12(15(2,3)16)9-17-18(10)13-7-6-11(19-4)8-14(13)20-5/h6-9H,16H2,1-5H3. The first kappa shape index (κ1) is 14.4. The van der Waals surface area contributed by atoms with Gasteiger partial charge in [-0.25, -0.2) is 4.68 Å². The highest BCUT2D eigenvalue weighted by Gasteiger charge is 2.22. The maximum absolute atomic E-state index is 6.16. The van der Waals surface area contributed by atoms with Crippen molar-refractivity contribution in [2.75, 3.05) is 14.2 Å². The van der Waals surface area contributed by atoms with Crippen LogP contribution in [0.15, 0.2) is 24.4 Å². The zero-order chi connectivity index (χ0) is 14.9. The predicted octanol–water partition coefficient (Wildman–Crippen LogP) is 2.39. The third kappa shape index (κ3) is 2.49. The minimum Gasteiger partial charge on any atom is -0.497 e. The van der Waals surface area contributed by atoms with Gasteiger partial charge in [0.25, 0.3) is 0 Å². The van der Waals surface area contributed by atoms with E-state index in [1.807, 2.05) is 43.7 Å². The number of rotatable bonds is 4. The molecule has 2 N–H and O–H groups in total. The van der Waals surface area contributed by atoms with Gasteiger partial charge in [0.1, 0.15) is 17.2 Å². The average molecular weight is 275 g/mol. The lowest BCUT2D eigenvalue weighted by atomic mass is 9.97. The Hall–Kier alpha value is -2.01. The molecule has 1 aromatic carbocycles. The normalized spacial score (nSPS) is 11.5. The van der Waals surface area contributed by atoms with Crippen molar-refractivity contribution in [1.82, 2.24) is 9.78 Å². The third-order valence-corrected chi connectivity index (χ3v) is 3.32. The van der Waals surface area contributed by atoms with Crippen molar-refractivity contribution < 1.29 is 9.47 Å². The zero-order valence-electron chi connectivity index (χ0n) is 12.6. The van der Waals surface area contributed by atoms with Crippen LogP contribution in [-0.2, 0) is 5.54 Å². The maximum atomic E-state index is 6.16. The summed E-state index contributed by atoms with van der Waals surface area (Å²) < 4.78 is 12.5. The van der Waals surface area contributed by atoms with Crippen molar-refractivity contribution in [3.8, 4) is 17.2 Å². The molecule has 0 aliphatic rings. The Morgan fingerprint density at radius 2 is 1.90 bits per heavy atom. The van der Waals surface area contributed by atoms with Crippen LogP contribution >= 0.6 is 0 Å². The molecule has 0 saturated carbocycles. The number of hydrogen-bond donors (Lipinski definition) is 1. The molecule has 0 atom stereocenters. The Kier molecular flexibility index (Phi) is 3.72. The molecule has 1 heterocycles. The highest BCUT2D eigenvalue weighted by molar-refractivity contribution is 5.51. The van der Waals surface area contributed by atoms with Gasteiger partial charge in [0.2, 0.25) is 0 Å². The minimum atomic E-state index is -0.429. The van der Waals surface area contributed by atoms with Crippen LogP contribution in [-0.4, -0.2) is 24.0 Å². The van der Waals surface area contributed by atoms with E-state index in [0.717, 1.165) is 22.7 Å². The molecule has 0 saturated heterocycles. The van der Waals surface area contributed by atoms with Crippen LogP contribution in [0.5, 0.6) is 11.5 Å². The number of methoxy groups -OCH3 is 2. The Balaban J connectivity index is 2.55. The van der Waals surface area contributed by atoms with Crippen molar-refractivity contribution in [1.29, 1.82) is 0 Å². The fourth-order valence-electron chi connectivity index (χ4n) is 2.24. The van der Waals surface area contributed by atoms with E-state index in [9.17, 15) is 0 Å². The van der Waals surface area contributed by atoms with E-state index in [-0.39, 0.29) is 0 Å². The summed E-state index contributed by atoms with van der Waals surface area (Å²) in [5, 5.41) is 4.43. The highest BCUT2D eigenvalue weighted by Crippen LogP contribution is 2.30. The summed E-state index contributed by atoms with van der Waals surface area (Å²) in [6, 6.07) is 5.64. The van der Waals surface area contributed by atoms with Gasteiger partial charge >= 0.3 is 0 Å². The molecule has 2 aromatic rings. The molecule has 5 nitrogen and oxygen atoms in total. The van der Waals surface area contributed by atoms with Crippen molar-refractivity contribution in [3.05, 3.63) is 35.7 Å². The van der Waals surface area contributed by atoms with E-state index >= 15 is 0 Å². The molecule has 0 fully saturated rings. The van der Waals surface area contributed by atoms with Gasteiger partial charge in [0, 0.05) is 22.9 Å². The van der Waals surface area contributed by atoms with E-state index < -0.39 is 5.54 Å². The largest absolute Gasteiger partial charge is 0.497 e. The molecule has 0 aliphatic carbocycles. The molecule has 0 amide bonds. The summed E-state index contributed by atoms with van der Waals surface area (Å²) in [4.78, 5) is 0. The Labute approximate surface area is 119 Å². The zero-order valence-corrected chi connectivity index (χ0v) is 12.6. The van der Waals surface area contributed by atoms with Gasteiger partial charge in [-0.2, -0.15) is 5.10 Å². The molecule has 2 rings (SSSR count). The second kappa shape index (κ2) is 5.17. The van der Waals surface area contributed by atoms with Gasteiger partial charge in [-0.15, -0.1) is 0 Å². The summed E-state index contributed by atoms with van der Waals surface area (Å²) in [6.45, 7) is 5.93. The van der Waals surface area contributed by atoms with Gasteiger partial charge in [0.05, 0.1) is 20.4 Å². The Morgan fingerprint density at radius 3 is 2.40 bits per heavy atom. The van der Waals surface area contributed by atoms with E-state index in [1.165, 1.54) is 0 Å². The Bertz CT molecular complexity index is 612. The monoisotopic (exact) mass is 275 g/mol. The number of hydrogen-bond acceptors (Lipinski definition) is 4. The fourth-order valence-corrected chi connectivity index (χ4v) is 2.24. The first-order chi connectivity index (χ1) is 9.38. The van der Waals surface area contributed by atoms with Gasteiger partial charge in [0.15, 0.2) is 0 Å². The molecule has 0 radical (unpaired) electrons. The first-order valence-corrected chi connectivity index (χ1v) is 6.45. The van der Waals surface area contributed by atoms with Crippen LogP contribution in [0.4, 0.5) is 0 Å². The molecule has 0 unspecified atom stereocenters. The quantitative estimate of drug-likeness (QED) is 0.930. The van der Waals surface area contributed by atoms with Crippen LogP contribution in [0, 0.1) is 6.92 Å². The average Bonchev–Trinajstić information content (AvgIpc) is 2.79.